The molecule has 2 rings (SSSR count). The van der Waals surface area contributed by atoms with Gasteiger partial charge in [-0.25, -0.2) is 9.48 Å². The first-order chi connectivity index (χ1) is 10.4. The van der Waals surface area contributed by atoms with Crippen molar-refractivity contribution in [2.75, 3.05) is 6.54 Å². The van der Waals surface area contributed by atoms with Crippen molar-refractivity contribution >= 4 is 11.9 Å². The van der Waals surface area contributed by atoms with Crippen LogP contribution in [0.25, 0.3) is 0 Å². The van der Waals surface area contributed by atoms with Crippen LogP contribution in [0.4, 0.5) is 0 Å². The summed E-state index contributed by atoms with van der Waals surface area (Å²) in [6.45, 7) is 5.11. The second-order valence-corrected chi connectivity index (χ2v) is 6.69. The number of hydrogen-bond acceptors (Lipinski definition) is 4. The maximum Gasteiger partial charge on any atom is 0.358 e. The fraction of sp³-hybridized carbons (Fsp3) is 0.733. The molecular formula is C15H24N4O3. The molecule has 1 amide bonds. The molecule has 0 saturated heterocycles. The second-order valence-electron chi connectivity index (χ2n) is 6.69. The van der Waals surface area contributed by atoms with Crippen LogP contribution < -0.4 is 5.32 Å². The first-order valence-electron chi connectivity index (χ1n) is 7.80. The molecule has 2 N–H and O–H groups in total. The third-order valence-electron chi connectivity index (χ3n) is 4.23. The molecule has 1 aliphatic rings. The van der Waals surface area contributed by atoms with Crippen molar-refractivity contribution < 1.29 is 14.7 Å². The Morgan fingerprint density at radius 3 is 2.64 bits per heavy atom. The summed E-state index contributed by atoms with van der Waals surface area (Å²) in [5.41, 5.74) is 0.0678. The number of carbonyl (C=O) groups is 2. The van der Waals surface area contributed by atoms with E-state index in [1.165, 1.54) is 23.7 Å². The Bertz CT molecular complexity index is 533. The minimum absolute atomic E-state index is 0.00195. The van der Waals surface area contributed by atoms with Gasteiger partial charge in [-0.15, -0.1) is 5.10 Å². The van der Waals surface area contributed by atoms with E-state index in [1.54, 1.807) is 0 Å². The number of rotatable bonds is 7. The molecule has 0 bridgehead atoms. The van der Waals surface area contributed by atoms with Crippen molar-refractivity contribution in [3.8, 4) is 0 Å². The molecule has 0 atom stereocenters. The molecule has 1 aromatic heterocycles. The highest BCUT2D eigenvalue weighted by atomic mass is 16.4. The molecule has 1 heterocycles. The zero-order valence-corrected chi connectivity index (χ0v) is 13.2. The van der Waals surface area contributed by atoms with E-state index < -0.39 is 5.97 Å². The van der Waals surface area contributed by atoms with Crippen LogP contribution in [-0.2, 0) is 11.3 Å². The first kappa shape index (κ1) is 16.5. The van der Waals surface area contributed by atoms with Gasteiger partial charge in [-0.05, 0) is 30.6 Å². The van der Waals surface area contributed by atoms with Gasteiger partial charge < -0.3 is 10.4 Å². The van der Waals surface area contributed by atoms with E-state index in [1.807, 2.05) is 0 Å². The van der Waals surface area contributed by atoms with Gasteiger partial charge in [0.1, 0.15) is 6.54 Å². The summed E-state index contributed by atoms with van der Waals surface area (Å²) in [4.78, 5) is 22.8. The zero-order valence-electron chi connectivity index (χ0n) is 13.2. The fourth-order valence-corrected chi connectivity index (χ4v) is 3.41. The number of carbonyl (C=O) groups excluding carboxylic acids is 1. The normalized spacial score (nSPS) is 16.9. The predicted molar refractivity (Wildman–Crippen MR) is 80.3 cm³/mol. The zero-order chi connectivity index (χ0) is 16.2. The lowest BCUT2D eigenvalue weighted by Gasteiger charge is -2.31. The van der Waals surface area contributed by atoms with Crippen LogP contribution in [0.15, 0.2) is 6.20 Å². The minimum atomic E-state index is -1.14. The number of nitrogens with one attached hydrogen (secondary N) is 1. The van der Waals surface area contributed by atoms with Gasteiger partial charge in [0.05, 0.1) is 6.20 Å². The van der Waals surface area contributed by atoms with Gasteiger partial charge in [0.2, 0.25) is 5.91 Å². The molecule has 1 aromatic rings. The summed E-state index contributed by atoms with van der Waals surface area (Å²) < 4.78 is 1.25. The van der Waals surface area contributed by atoms with Crippen LogP contribution in [0.1, 0.15) is 56.4 Å². The van der Waals surface area contributed by atoms with Gasteiger partial charge in [0.25, 0.3) is 0 Å². The Hall–Kier alpha value is -1.92. The van der Waals surface area contributed by atoms with Gasteiger partial charge in [-0.2, -0.15) is 0 Å². The summed E-state index contributed by atoms with van der Waals surface area (Å²) in [6.07, 6.45) is 7.18. The van der Waals surface area contributed by atoms with Crippen molar-refractivity contribution in [2.24, 2.45) is 11.3 Å². The highest BCUT2D eigenvalue weighted by Crippen LogP contribution is 2.42. The highest BCUT2D eigenvalue weighted by Gasteiger charge is 2.34. The standard InChI is InChI=1S/C15H24N4O3/c1-11(2)7-15(5-3-4-6-15)10-16-13(20)9-19-8-12(14(21)22)17-18-19/h8,11H,3-7,9-10H2,1-2H3,(H,16,20)(H,21,22). The number of nitrogens with zero attached hydrogens (tertiary/aromatic N) is 3. The van der Waals surface area contributed by atoms with Gasteiger partial charge in [-0.3, -0.25) is 4.79 Å². The number of hydrogen-bond donors (Lipinski definition) is 2. The lowest BCUT2D eigenvalue weighted by molar-refractivity contribution is -0.122. The lowest BCUT2D eigenvalue weighted by Crippen LogP contribution is -2.38. The Morgan fingerprint density at radius 1 is 1.41 bits per heavy atom. The second kappa shape index (κ2) is 6.89. The molecule has 22 heavy (non-hydrogen) atoms. The van der Waals surface area contributed by atoms with Crippen LogP contribution in [0.3, 0.4) is 0 Å². The Kier molecular flexibility index (Phi) is 5.15. The summed E-state index contributed by atoms with van der Waals surface area (Å²) in [7, 11) is 0. The minimum Gasteiger partial charge on any atom is -0.476 e. The van der Waals surface area contributed by atoms with Crippen molar-refractivity contribution in [3.63, 3.8) is 0 Å². The topological polar surface area (TPSA) is 97.1 Å². The van der Waals surface area contributed by atoms with Crippen LogP contribution in [0.5, 0.6) is 0 Å². The first-order valence-corrected chi connectivity index (χ1v) is 7.80. The van der Waals surface area contributed by atoms with Crippen molar-refractivity contribution in [2.45, 2.75) is 52.5 Å². The summed E-state index contributed by atoms with van der Waals surface area (Å²) in [5, 5.41) is 18.9. The van der Waals surface area contributed by atoms with Crippen LogP contribution in [0, 0.1) is 11.3 Å². The van der Waals surface area contributed by atoms with Crippen molar-refractivity contribution in [3.05, 3.63) is 11.9 Å². The Labute approximate surface area is 130 Å². The summed E-state index contributed by atoms with van der Waals surface area (Å²) >= 11 is 0. The molecular weight excluding hydrogens is 284 g/mol. The number of carboxylic acids is 1. The predicted octanol–water partition coefficient (Wildman–Crippen LogP) is 1.70. The van der Waals surface area contributed by atoms with E-state index >= 15 is 0 Å². The lowest BCUT2D eigenvalue weighted by atomic mass is 9.78. The summed E-state index contributed by atoms with van der Waals surface area (Å²) in [5.74, 6) is -0.686. The van der Waals surface area contributed by atoms with Gasteiger partial charge in [-0.1, -0.05) is 31.9 Å². The Morgan fingerprint density at radius 2 is 2.09 bits per heavy atom. The SMILES string of the molecule is CC(C)CC1(CNC(=O)Cn2cc(C(=O)O)nn2)CCCC1. The van der Waals surface area contributed by atoms with Crippen molar-refractivity contribution in [1.82, 2.24) is 20.3 Å². The third-order valence-corrected chi connectivity index (χ3v) is 4.23. The number of aromatic nitrogens is 3. The van der Waals surface area contributed by atoms with Gasteiger partial charge in [0.15, 0.2) is 5.69 Å². The largest absolute Gasteiger partial charge is 0.476 e. The van der Waals surface area contributed by atoms with E-state index in [2.05, 4.69) is 29.5 Å². The molecule has 7 heteroatoms. The fourth-order valence-electron chi connectivity index (χ4n) is 3.41. The molecule has 0 radical (unpaired) electrons. The van der Waals surface area contributed by atoms with E-state index in [0.29, 0.717) is 12.5 Å². The quantitative estimate of drug-likeness (QED) is 0.799. The van der Waals surface area contributed by atoms with Crippen molar-refractivity contribution in [1.29, 1.82) is 0 Å². The van der Waals surface area contributed by atoms with E-state index in [0.717, 1.165) is 19.3 Å². The average molecular weight is 308 g/mol. The van der Waals surface area contributed by atoms with Crippen LogP contribution in [0.2, 0.25) is 0 Å². The Balaban J connectivity index is 1.86. The van der Waals surface area contributed by atoms with Crippen LogP contribution in [-0.4, -0.2) is 38.5 Å². The smallest absolute Gasteiger partial charge is 0.358 e. The molecule has 122 valence electrons. The number of aromatic carboxylic acids is 1. The molecule has 1 aliphatic carbocycles. The number of amides is 1. The van der Waals surface area contributed by atoms with E-state index in [9.17, 15) is 9.59 Å². The summed E-state index contributed by atoms with van der Waals surface area (Å²) in [6, 6.07) is 0. The highest BCUT2D eigenvalue weighted by molar-refractivity contribution is 5.84. The molecule has 1 saturated carbocycles. The monoisotopic (exact) mass is 308 g/mol. The third kappa shape index (κ3) is 4.29. The van der Waals surface area contributed by atoms with E-state index in [-0.39, 0.29) is 23.6 Å². The van der Waals surface area contributed by atoms with E-state index in [4.69, 9.17) is 5.11 Å². The molecule has 0 spiro atoms. The number of carboxylic acid groups (broad SMARTS) is 1. The molecule has 1 fully saturated rings. The van der Waals surface area contributed by atoms with Gasteiger partial charge in [0, 0.05) is 6.54 Å². The average Bonchev–Trinajstić information content (AvgIpc) is 3.06. The molecule has 7 nitrogen and oxygen atoms in total. The van der Waals surface area contributed by atoms with Crippen LogP contribution >= 0.6 is 0 Å². The maximum absolute atomic E-state index is 12.0. The molecule has 0 aliphatic heterocycles. The maximum atomic E-state index is 12.0. The van der Waals surface area contributed by atoms with Gasteiger partial charge >= 0.3 is 5.97 Å². The molecule has 0 aromatic carbocycles. The molecule has 0 unspecified atom stereocenters.